The lowest BCUT2D eigenvalue weighted by Gasteiger charge is -2.14. The number of aryl methyl sites for hydroxylation is 1. The summed E-state index contributed by atoms with van der Waals surface area (Å²) in [5.41, 5.74) is 1.09. The van der Waals surface area contributed by atoms with E-state index in [1.54, 1.807) is 22.5 Å². The number of hydrogen-bond acceptors (Lipinski definition) is 5. The minimum absolute atomic E-state index is 0.186. The summed E-state index contributed by atoms with van der Waals surface area (Å²) in [6, 6.07) is 5.42. The Hall–Kier alpha value is -2.28. The maximum atomic E-state index is 12.5. The molecule has 0 radical (unpaired) electrons. The molecule has 2 unspecified atom stereocenters. The highest BCUT2D eigenvalue weighted by Crippen LogP contribution is 2.32. The van der Waals surface area contributed by atoms with Crippen molar-refractivity contribution < 1.29 is 14.7 Å². The Morgan fingerprint density at radius 3 is 2.77 bits per heavy atom. The standard InChI is InChI=1S/C15H15N3O3S/c1-9-17-13(8-22-9)14(19)18-6-10(11(7-18)15(20)21)12-4-2-3-5-16-12/h2-5,8,10-11H,6-7H2,1H3,(H,20,21). The molecular weight excluding hydrogens is 302 g/mol. The van der Waals surface area contributed by atoms with E-state index in [0.717, 1.165) is 5.01 Å². The van der Waals surface area contributed by atoms with Crippen LogP contribution in [0.4, 0.5) is 0 Å². The van der Waals surface area contributed by atoms with E-state index in [4.69, 9.17) is 0 Å². The molecule has 1 amide bonds. The molecule has 1 N–H and O–H groups in total. The first-order chi connectivity index (χ1) is 10.6. The highest BCUT2D eigenvalue weighted by molar-refractivity contribution is 7.09. The number of carboxylic acid groups (broad SMARTS) is 1. The Bertz CT molecular complexity index is 701. The van der Waals surface area contributed by atoms with Crippen LogP contribution < -0.4 is 0 Å². The number of carbonyl (C=O) groups is 2. The number of rotatable bonds is 3. The number of thiazole rings is 1. The fourth-order valence-corrected chi connectivity index (χ4v) is 3.33. The Kier molecular flexibility index (Phi) is 3.89. The number of amides is 1. The summed E-state index contributed by atoms with van der Waals surface area (Å²) in [6.07, 6.45) is 1.64. The fourth-order valence-electron chi connectivity index (χ4n) is 2.74. The van der Waals surface area contributed by atoms with Crippen molar-refractivity contribution in [3.05, 3.63) is 46.2 Å². The molecule has 0 aliphatic carbocycles. The average molecular weight is 317 g/mol. The van der Waals surface area contributed by atoms with E-state index >= 15 is 0 Å². The SMILES string of the molecule is Cc1nc(C(=O)N2CC(C(=O)O)C(c3ccccn3)C2)cs1. The lowest BCUT2D eigenvalue weighted by atomic mass is 9.93. The first-order valence-electron chi connectivity index (χ1n) is 6.91. The molecule has 3 rings (SSSR count). The first kappa shape index (κ1) is 14.6. The minimum atomic E-state index is -0.902. The summed E-state index contributed by atoms with van der Waals surface area (Å²) in [5, 5.41) is 12.0. The molecule has 22 heavy (non-hydrogen) atoms. The van der Waals surface area contributed by atoms with Crippen molar-refractivity contribution in [3.8, 4) is 0 Å². The number of carboxylic acids is 1. The number of hydrogen-bond donors (Lipinski definition) is 1. The Labute approximate surface area is 131 Å². The zero-order chi connectivity index (χ0) is 15.7. The van der Waals surface area contributed by atoms with Gasteiger partial charge in [0.25, 0.3) is 5.91 Å². The van der Waals surface area contributed by atoms with Crippen molar-refractivity contribution in [1.29, 1.82) is 0 Å². The van der Waals surface area contributed by atoms with E-state index in [2.05, 4.69) is 9.97 Å². The predicted octanol–water partition coefficient (Wildman–Crippen LogP) is 1.79. The molecule has 1 aliphatic rings. The van der Waals surface area contributed by atoms with Gasteiger partial charge in [-0.05, 0) is 19.1 Å². The van der Waals surface area contributed by atoms with E-state index in [1.807, 2.05) is 19.1 Å². The van der Waals surface area contributed by atoms with Crippen LogP contribution in [0.3, 0.4) is 0 Å². The van der Waals surface area contributed by atoms with Crippen molar-refractivity contribution in [2.75, 3.05) is 13.1 Å². The molecule has 1 fully saturated rings. The van der Waals surface area contributed by atoms with Gasteiger partial charge in [0.2, 0.25) is 0 Å². The monoisotopic (exact) mass is 317 g/mol. The zero-order valence-electron chi connectivity index (χ0n) is 12.0. The fraction of sp³-hybridized carbons (Fsp3) is 0.333. The van der Waals surface area contributed by atoms with Gasteiger partial charge in [0.1, 0.15) is 5.69 Å². The third-order valence-corrected chi connectivity index (χ3v) is 4.60. The molecular formula is C15H15N3O3S. The Morgan fingerprint density at radius 1 is 1.36 bits per heavy atom. The van der Waals surface area contributed by atoms with Crippen molar-refractivity contribution in [1.82, 2.24) is 14.9 Å². The summed E-state index contributed by atoms with van der Waals surface area (Å²) < 4.78 is 0. The molecule has 1 aliphatic heterocycles. The molecule has 1 saturated heterocycles. The highest BCUT2D eigenvalue weighted by atomic mass is 32.1. The normalized spacial score (nSPS) is 21.0. The maximum Gasteiger partial charge on any atom is 0.309 e. The first-order valence-corrected chi connectivity index (χ1v) is 7.79. The van der Waals surface area contributed by atoms with Gasteiger partial charge in [0, 0.05) is 36.3 Å². The van der Waals surface area contributed by atoms with Crippen LogP contribution in [-0.4, -0.2) is 44.9 Å². The van der Waals surface area contributed by atoms with E-state index in [1.165, 1.54) is 11.3 Å². The van der Waals surface area contributed by atoms with Gasteiger partial charge in [-0.25, -0.2) is 4.98 Å². The summed E-state index contributed by atoms with van der Waals surface area (Å²) in [5.74, 6) is -2.05. The second kappa shape index (κ2) is 5.84. The Balaban J connectivity index is 1.84. The number of nitrogens with zero attached hydrogens (tertiary/aromatic N) is 3. The van der Waals surface area contributed by atoms with Crippen LogP contribution in [0, 0.1) is 12.8 Å². The number of aromatic nitrogens is 2. The Morgan fingerprint density at radius 2 is 2.18 bits per heavy atom. The van der Waals surface area contributed by atoms with Crippen LogP contribution in [0.25, 0.3) is 0 Å². The van der Waals surface area contributed by atoms with Gasteiger partial charge in [0.15, 0.2) is 0 Å². The van der Waals surface area contributed by atoms with Crippen molar-refractivity contribution in [2.45, 2.75) is 12.8 Å². The van der Waals surface area contributed by atoms with Crippen LogP contribution in [0.5, 0.6) is 0 Å². The maximum absolute atomic E-state index is 12.5. The molecule has 0 bridgehead atoms. The van der Waals surface area contributed by atoms with Gasteiger partial charge >= 0.3 is 5.97 Å². The van der Waals surface area contributed by atoms with E-state index in [0.29, 0.717) is 17.9 Å². The van der Waals surface area contributed by atoms with E-state index < -0.39 is 11.9 Å². The molecule has 2 atom stereocenters. The van der Waals surface area contributed by atoms with Crippen LogP contribution in [0.1, 0.15) is 27.1 Å². The van der Waals surface area contributed by atoms with Crippen molar-refractivity contribution >= 4 is 23.2 Å². The summed E-state index contributed by atoms with van der Waals surface area (Å²) in [4.78, 5) is 34.0. The molecule has 114 valence electrons. The van der Waals surface area contributed by atoms with Crippen molar-refractivity contribution in [3.63, 3.8) is 0 Å². The molecule has 2 aromatic rings. The molecule has 2 aromatic heterocycles. The summed E-state index contributed by atoms with van der Waals surface area (Å²) in [6.45, 7) is 2.37. The van der Waals surface area contributed by atoms with Crippen LogP contribution in [-0.2, 0) is 4.79 Å². The molecule has 0 saturated carbocycles. The van der Waals surface area contributed by atoms with Crippen molar-refractivity contribution in [2.24, 2.45) is 5.92 Å². The molecule has 0 spiro atoms. The van der Waals surface area contributed by atoms with Gasteiger partial charge in [0.05, 0.1) is 10.9 Å². The van der Waals surface area contributed by atoms with Crippen LogP contribution in [0.15, 0.2) is 29.8 Å². The van der Waals surface area contributed by atoms with Gasteiger partial charge in [-0.2, -0.15) is 0 Å². The number of pyridine rings is 1. The summed E-state index contributed by atoms with van der Waals surface area (Å²) in [7, 11) is 0. The third-order valence-electron chi connectivity index (χ3n) is 3.83. The zero-order valence-corrected chi connectivity index (χ0v) is 12.8. The number of aliphatic carboxylic acids is 1. The highest BCUT2D eigenvalue weighted by Gasteiger charge is 2.41. The minimum Gasteiger partial charge on any atom is -0.481 e. The second-order valence-electron chi connectivity index (χ2n) is 5.27. The van der Waals surface area contributed by atoms with Gasteiger partial charge in [-0.15, -0.1) is 11.3 Å². The van der Waals surface area contributed by atoms with Gasteiger partial charge < -0.3 is 10.0 Å². The van der Waals surface area contributed by atoms with Gasteiger partial charge in [-0.3, -0.25) is 14.6 Å². The second-order valence-corrected chi connectivity index (χ2v) is 6.33. The average Bonchev–Trinajstić information content (AvgIpc) is 3.14. The van der Waals surface area contributed by atoms with E-state index in [-0.39, 0.29) is 18.4 Å². The molecule has 7 heteroatoms. The largest absolute Gasteiger partial charge is 0.481 e. The van der Waals surface area contributed by atoms with Gasteiger partial charge in [-0.1, -0.05) is 6.07 Å². The predicted molar refractivity (Wildman–Crippen MR) is 80.9 cm³/mol. The number of carbonyl (C=O) groups excluding carboxylic acids is 1. The summed E-state index contributed by atoms with van der Waals surface area (Å²) >= 11 is 1.41. The quantitative estimate of drug-likeness (QED) is 0.933. The number of likely N-dealkylation sites (tertiary alicyclic amines) is 1. The van der Waals surface area contributed by atoms with Crippen LogP contribution >= 0.6 is 11.3 Å². The van der Waals surface area contributed by atoms with E-state index in [9.17, 15) is 14.7 Å². The smallest absolute Gasteiger partial charge is 0.309 e. The molecule has 0 aromatic carbocycles. The lowest BCUT2D eigenvalue weighted by Crippen LogP contribution is -2.30. The lowest BCUT2D eigenvalue weighted by molar-refractivity contribution is -0.141. The topological polar surface area (TPSA) is 83.4 Å². The third kappa shape index (κ3) is 2.71. The van der Waals surface area contributed by atoms with Crippen LogP contribution in [0.2, 0.25) is 0 Å². The molecule has 6 nitrogen and oxygen atoms in total. The molecule has 3 heterocycles.